The van der Waals surface area contributed by atoms with Crippen LogP contribution in [0.15, 0.2) is 40.8 Å². The number of benzene rings is 1. The van der Waals surface area contributed by atoms with E-state index in [1.54, 1.807) is 12.1 Å². The van der Waals surface area contributed by atoms with Gasteiger partial charge in [0.1, 0.15) is 5.76 Å². The van der Waals surface area contributed by atoms with Crippen LogP contribution in [-0.4, -0.2) is 26.3 Å². The highest BCUT2D eigenvalue weighted by Crippen LogP contribution is 2.27. The van der Waals surface area contributed by atoms with Crippen LogP contribution in [0.25, 0.3) is 11.3 Å². The molecule has 0 amide bonds. The fourth-order valence-corrected chi connectivity index (χ4v) is 2.06. The minimum absolute atomic E-state index is 0.189. The van der Waals surface area contributed by atoms with Crippen molar-refractivity contribution in [3.8, 4) is 11.3 Å². The van der Waals surface area contributed by atoms with Crippen molar-refractivity contribution in [1.82, 2.24) is 0 Å². The number of ether oxygens (including phenoxy) is 3. The maximum Gasteiger partial charge on any atom is 0.373 e. The van der Waals surface area contributed by atoms with Gasteiger partial charge in [0.2, 0.25) is 5.76 Å². The smallest absolute Gasteiger partial charge is 0.373 e. The number of esters is 1. The molecule has 1 aliphatic rings. The molecule has 20 heavy (non-hydrogen) atoms. The van der Waals surface area contributed by atoms with Crippen LogP contribution in [0, 0.1) is 0 Å². The highest BCUT2D eigenvalue weighted by atomic mass is 16.7. The highest BCUT2D eigenvalue weighted by molar-refractivity contribution is 5.87. The van der Waals surface area contributed by atoms with E-state index >= 15 is 0 Å². The monoisotopic (exact) mass is 274 g/mol. The van der Waals surface area contributed by atoms with E-state index in [9.17, 15) is 4.79 Å². The van der Waals surface area contributed by atoms with E-state index in [2.05, 4.69) is 4.74 Å². The molecule has 0 N–H and O–H groups in total. The molecule has 1 fully saturated rings. The summed E-state index contributed by atoms with van der Waals surface area (Å²) in [6.07, 6.45) is -0.286. The first-order chi connectivity index (χ1) is 9.78. The fourth-order valence-electron chi connectivity index (χ4n) is 2.06. The van der Waals surface area contributed by atoms with Crippen LogP contribution in [0.3, 0.4) is 0 Å². The van der Waals surface area contributed by atoms with Gasteiger partial charge in [0, 0.05) is 11.1 Å². The molecule has 0 saturated carbocycles. The molecule has 3 rings (SSSR count). The zero-order valence-electron chi connectivity index (χ0n) is 11.0. The third kappa shape index (κ3) is 2.45. The molecule has 5 nitrogen and oxygen atoms in total. The number of hydrogen-bond acceptors (Lipinski definition) is 5. The topological polar surface area (TPSA) is 57.9 Å². The Kier molecular flexibility index (Phi) is 3.54. The second-order valence-corrected chi connectivity index (χ2v) is 4.35. The Morgan fingerprint density at radius 2 is 1.80 bits per heavy atom. The van der Waals surface area contributed by atoms with Crippen molar-refractivity contribution in [2.24, 2.45) is 0 Å². The van der Waals surface area contributed by atoms with E-state index in [4.69, 9.17) is 13.9 Å². The van der Waals surface area contributed by atoms with Crippen molar-refractivity contribution in [3.05, 3.63) is 47.7 Å². The molecule has 0 unspecified atom stereocenters. The van der Waals surface area contributed by atoms with E-state index in [1.165, 1.54) is 7.11 Å². The van der Waals surface area contributed by atoms with Crippen LogP contribution in [0.1, 0.15) is 22.4 Å². The van der Waals surface area contributed by atoms with Crippen molar-refractivity contribution < 1.29 is 23.4 Å². The number of carbonyl (C=O) groups excluding carboxylic acids is 1. The molecule has 0 bridgehead atoms. The molecule has 0 radical (unpaired) electrons. The second kappa shape index (κ2) is 5.48. The second-order valence-electron chi connectivity index (χ2n) is 4.35. The summed E-state index contributed by atoms with van der Waals surface area (Å²) in [6.45, 7) is 1.24. The molecule has 2 aromatic rings. The van der Waals surface area contributed by atoms with Gasteiger partial charge in [-0.15, -0.1) is 0 Å². The first-order valence-electron chi connectivity index (χ1n) is 6.29. The lowest BCUT2D eigenvalue weighted by Gasteiger charge is -2.09. The number of carbonyl (C=O) groups is 1. The van der Waals surface area contributed by atoms with Crippen LogP contribution in [0.2, 0.25) is 0 Å². The first-order valence-corrected chi connectivity index (χ1v) is 6.29. The van der Waals surface area contributed by atoms with Gasteiger partial charge in [0.05, 0.1) is 20.3 Å². The van der Waals surface area contributed by atoms with Gasteiger partial charge in [0.25, 0.3) is 0 Å². The van der Waals surface area contributed by atoms with E-state index in [1.807, 2.05) is 24.3 Å². The summed E-state index contributed by atoms with van der Waals surface area (Å²) in [6, 6.07) is 11.0. The molecule has 1 aliphatic heterocycles. The summed E-state index contributed by atoms with van der Waals surface area (Å²) >= 11 is 0. The number of hydrogen-bond donors (Lipinski definition) is 0. The third-order valence-electron chi connectivity index (χ3n) is 3.08. The van der Waals surface area contributed by atoms with E-state index in [0.717, 1.165) is 11.1 Å². The zero-order chi connectivity index (χ0) is 13.9. The summed E-state index contributed by atoms with van der Waals surface area (Å²) < 4.78 is 20.9. The van der Waals surface area contributed by atoms with E-state index in [-0.39, 0.29) is 12.1 Å². The highest BCUT2D eigenvalue weighted by Gasteiger charge is 2.18. The Morgan fingerprint density at radius 3 is 2.45 bits per heavy atom. The van der Waals surface area contributed by atoms with Crippen LogP contribution >= 0.6 is 0 Å². The fraction of sp³-hybridized carbons (Fsp3) is 0.267. The molecule has 0 aliphatic carbocycles. The molecular weight excluding hydrogens is 260 g/mol. The SMILES string of the molecule is COC(=O)c1ccc(-c2ccc(C3OCCO3)cc2)o1. The predicted molar refractivity (Wildman–Crippen MR) is 70.1 cm³/mol. The number of methoxy groups -OCH3 is 1. The minimum Gasteiger partial charge on any atom is -0.463 e. The molecule has 1 aromatic carbocycles. The summed E-state index contributed by atoms with van der Waals surface area (Å²) in [4.78, 5) is 11.3. The van der Waals surface area contributed by atoms with Crippen molar-refractivity contribution in [2.45, 2.75) is 6.29 Å². The predicted octanol–water partition coefficient (Wildman–Crippen LogP) is 2.78. The van der Waals surface area contributed by atoms with Crippen LogP contribution in [-0.2, 0) is 14.2 Å². The lowest BCUT2D eigenvalue weighted by molar-refractivity contribution is -0.0441. The Hall–Kier alpha value is -2.11. The number of furan rings is 1. The van der Waals surface area contributed by atoms with Gasteiger partial charge in [-0.05, 0) is 12.1 Å². The van der Waals surface area contributed by atoms with Gasteiger partial charge >= 0.3 is 5.97 Å². The maximum atomic E-state index is 11.3. The largest absolute Gasteiger partial charge is 0.463 e. The third-order valence-corrected chi connectivity index (χ3v) is 3.08. The Labute approximate surface area is 116 Å². The van der Waals surface area contributed by atoms with Gasteiger partial charge in [-0.3, -0.25) is 0 Å². The Morgan fingerprint density at radius 1 is 1.10 bits per heavy atom. The molecule has 1 saturated heterocycles. The quantitative estimate of drug-likeness (QED) is 0.805. The zero-order valence-corrected chi connectivity index (χ0v) is 11.0. The van der Waals surface area contributed by atoms with Crippen LogP contribution < -0.4 is 0 Å². The number of rotatable bonds is 3. The molecule has 104 valence electrons. The molecular formula is C15H14O5. The summed E-state index contributed by atoms with van der Waals surface area (Å²) in [5, 5.41) is 0. The van der Waals surface area contributed by atoms with Crippen LogP contribution in [0.4, 0.5) is 0 Å². The van der Waals surface area contributed by atoms with Gasteiger partial charge in [-0.2, -0.15) is 0 Å². The average Bonchev–Trinajstić information content (AvgIpc) is 3.18. The van der Waals surface area contributed by atoms with Gasteiger partial charge < -0.3 is 18.6 Å². The van der Waals surface area contributed by atoms with Crippen molar-refractivity contribution >= 4 is 5.97 Å². The van der Waals surface area contributed by atoms with Crippen molar-refractivity contribution in [3.63, 3.8) is 0 Å². The van der Waals surface area contributed by atoms with Gasteiger partial charge in [0.15, 0.2) is 6.29 Å². The van der Waals surface area contributed by atoms with E-state index < -0.39 is 5.97 Å². The van der Waals surface area contributed by atoms with Crippen molar-refractivity contribution in [1.29, 1.82) is 0 Å². The first kappa shape index (κ1) is 12.9. The Balaban J connectivity index is 1.80. The molecule has 0 atom stereocenters. The van der Waals surface area contributed by atoms with Crippen molar-refractivity contribution in [2.75, 3.05) is 20.3 Å². The summed E-state index contributed by atoms with van der Waals surface area (Å²) in [5.74, 6) is 0.319. The maximum absolute atomic E-state index is 11.3. The lowest BCUT2D eigenvalue weighted by atomic mass is 10.1. The molecule has 5 heteroatoms. The summed E-state index contributed by atoms with van der Waals surface area (Å²) in [5.41, 5.74) is 1.84. The Bertz CT molecular complexity index is 593. The van der Waals surface area contributed by atoms with E-state index in [0.29, 0.717) is 19.0 Å². The molecule has 1 aromatic heterocycles. The minimum atomic E-state index is -0.486. The average molecular weight is 274 g/mol. The lowest BCUT2D eigenvalue weighted by Crippen LogP contribution is -1.98. The van der Waals surface area contributed by atoms with Crippen LogP contribution in [0.5, 0.6) is 0 Å². The normalized spacial score (nSPS) is 15.4. The summed E-state index contributed by atoms with van der Waals surface area (Å²) in [7, 11) is 1.32. The molecule has 0 spiro atoms. The standard InChI is InChI=1S/C15H14O5/c1-17-14(16)13-7-6-12(20-13)10-2-4-11(5-3-10)15-18-8-9-19-15/h2-7,15H,8-9H2,1H3. The molecule has 2 heterocycles. The van der Waals surface area contributed by atoms with Gasteiger partial charge in [-0.25, -0.2) is 4.79 Å². The van der Waals surface area contributed by atoms with Gasteiger partial charge in [-0.1, -0.05) is 24.3 Å².